The Labute approximate surface area is 315 Å². The summed E-state index contributed by atoms with van der Waals surface area (Å²) in [5, 5.41) is 9.39. The van der Waals surface area contributed by atoms with Crippen LogP contribution in [0.1, 0.15) is 48.9 Å². The van der Waals surface area contributed by atoms with E-state index in [1.165, 1.54) is 0 Å². The average Bonchev–Trinajstić information content (AvgIpc) is 3.24. The van der Waals surface area contributed by atoms with E-state index in [1.54, 1.807) is 14.2 Å². The lowest BCUT2D eigenvalue weighted by Crippen LogP contribution is -2.57. The molecule has 0 amide bonds. The number of hydrogen-bond acceptors (Lipinski definition) is 10. The second-order valence-electron chi connectivity index (χ2n) is 15.7. The lowest BCUT2D eigenvalue weighted by atomic mass is 9.72. The van der Waals surface area contributed by atoms with E-state index >= 15 is 0 Å². The van der Waals surface area contributed by atoms with Crippen molar-refractivity contribution in [2.45, 2.75) is 49.9 Å². The number of methoxy groups -OCH3 is 2. The number of nitrogens with one attached hydrogen (secondary N) is 2. The van der Waals surface area contributed by atoms with Crippen LogP contribution in [0.15, 0.2) is 95.8 Å². The van der Waals surface area contributed by atoms with Gasteiger partial charge < -0.3 is 20.1 Å². The molecule has 5 aromatic rings. The van der Waals surface area contributed by atoms with E-state index in [1.807, 2.05) is 60.9 Å². The van der Waals surface area contributed by atoms with Crippen molar-refractivity contribution in [3.8, 4) is 11.5 Å². The average molecular weight is 725 g/mol. The molecule has 6 aliphatic heterocycles. The first-order chi connectivity index (χ1) is 26.4. The highest BCUT2D eigenvalue weighted by atomic mass is 16.5. The first kappa shape index (κ1) is 34.7. The van der Waals surface area contributed by atoms with Crippen LogP contribution in [0.5, 0.6) is 11.5 Å². The van der Waals surface area contributed by atoms with Crippen LogP contribution >= 0.6 is 0 Å². The molecule has 278 valence electrons. The normalized spacial score (nSPS) is 28.5. The van der Waals surface area contributed by atoms with Crippen LogP contribution in [-0.2, 0) is 0 Å². The zero-order chi connectivity index (χ0) is 37.1. The molecule has 2 aromatic heterocycles. The predicted octanol–water partition coefficient (Wildman–Crippen LogP) is 6.50. The number of rotatable bonds is 12. The van der Waals surface area contributed by atoms with Crippen LogP contribution in [0.3, 0.4) is 0 Å². The van der Waals surface area contributed by atoms with Crippen molar-refractivity contribution in [2.24, 2.45) is 23.7 Å². The Kier molecular flexibility index (Phi) is 8.98. The molecule has 10 heteroatoms. The predicted molar refractivity (Wildman–Crippen MR) is 214 cm³/mol. The van der Waals surface area contributed by atoms with Gasteiger partial charge in [-0.15, -0.1) is 13.2 Å². The Morgan fingerprint density at radius 1 is 0.704 bits per heavy atom. The molecular formula is C44H48N6O4. The molecule has 0 saturated carbocycles. The highest BCUT2D eigenvalue weighted by Gasteiger charge is 2.46. The highest BCUT2D eigenvalue weighted by molar-refractivity contribution is 5.86. The summed E-state index contributed by atoms with van der Waals surface area (Å²) >= 11 is 0. The Hall–Kier alpha value is -5.06. The Bertz CT molecular complexity index is 2160. The Balaban J connectivity index is 1.14. The van der Waals surface area contributed by atoms with Gasteiger partial charge in [0.2, 0.25) is 0 Å². The molecule has 4 bridgehead atoms. The molecule has 8 heterocycles. The molecule has 11 rings (SSSR count). The van der Waals surface area contributed by atoms with Crippen LogP contribution in [0, 0.1) is 23.7 Å². The molecule has 2 N–H and O–H groups in total. The molecular weight excluding hydrogens is 677 g/mol. The van der Waals surface area contributed by atoms with Crippen LogP contribution in [-0.4, -0.2) is 72.3 Å². The summed E-state index contributed by atoms with van der Waals surface area (Å²) in [6, 6.07) is 15.6. The maximum Gasteiger partial charge on any atom is 0.253 e. The third-order valence-corrected chi connectivity index (χ3v) is 13.2. The highest BCUT2D eigenvalue weighted by Crippen LogP contribution is 2.46. The van der Waals surface area contributed by atoms with Crippen molar-refractivity contribution in [1.29, 1.82) is 0 Å². The molecule has 8 unspecified atom stereocenters. The lowest BCUT2D eigenvalue weighted by Gasteiger charge is -2.52. The Morgan fingerprint density at radius 3 is 1.52 bits per heavy atom. The van der Waals surface area contributed by atoms with Gasteiger partial charge in [0.25, 0.3) is 10.9 Å². The van der Waals surface area contributed by atoms with Gasteiger partial charge in [-0.1, -0.05) is 12.2 Å². The maximum atomic E-state index is 13.8. The van der Waals surface area contributed by atoms with Crippen molar-refractivity contribution < 1.29 is 9.47 Å². The number of hydrogen-bond donors (Lipinski definition) is 2. The van der Waals surface area contributed by atoms with Gasteiger partial charge in [-0.3, -0.25) is 29.4 Å². The van der Waals surface area contributed by atoms with Gasteiger partial charge in [-0.05, 0) is 122 Å². The third kappa shape index (κ3) is 5.78. The smallest absolute Gasteiger partial charge is 0.253 e. The van der Waals surface area contributed by atoms with E-state index < -0.39 is 10.9 Å². The molecule has 6 fully saturated rings. The lowest BCUT2D eigenvalue weighted by molar-refractivity contribution is 0.0102. The molecule has 6 aliphatic rings. The van der Waals surface area contributed by atoms with Crippen molar-refractivity contribution in [1.82, 2.24) is 19.8 Å². The number of fused-ring (bicyclic) bond motifs is 8. The van der Waals surface area contributed by atoms with E-state index in [0.29, 0.717) is 35.0 Å². The van der Waals surface area contributed by atoms with E-state index in [-0.39, 0.29) is 24.2 Å². The minimum Gasteiger partial charge on any atom is -0.497 e. The molecule has 54 heavy (non-hydrogen) atoms. The van der Waals surface area contributed by atoms with Crippen molar-refractivity contribution in [3.63, 3.8) is 0 Å². The fraction of sp³-hybridized carbons (Fsp3) is 0.409. The zero-order valence-corrected chi connectivity index (χ0v) is 31.0. The SMILES string of the molecule is C=CC1CN2CCC1C[C@@H]2C(Nc1c(NC(c2ccnc3ccc(OC)cc23)[C@H]2CC3CCN2CC3C=C)c(=O)c1=O)c1ccnc2ccc(OC)cc12. The number of aromatic nitrogens is 2. The minimum absolute atomic E-state index is 0.0948. The van der Waals surface area contributed by atoms with Crippen LogP contribution in [0.4, 0.5) is 11.4 Å². The summed E-state index contributed by atoms with van der Waals surface area (Å²) in [5.41, 5.74) is 3.47. The van der Waals surface area contributed by atoms with Gasteiger partial charge in [0.15, 0.2) is 0 Å². The van der Waals surface area contributed by atoms with E-state index in [9.17, 15) is 9.59 Å². The summed E-state index contributed by atoms with van der Waals surface area (Å²) in [7, 11) is 3.33. The third-order valence-electron chi connectivity index (χ3n) is 13.2. The van der Waals surface area contributed by atoms with Gasteiger partial charge in [-0.2, -0.15) is 0 Å². The summed E-state index contributed by atoms with van der Waals surface area (Å²) in [6.45, 7) is 12.1. The summed E-state index contributed by atoms with van der Waals surface area (Å²) in [6.07, 6.45) is 12.0. The van der Waals surface area contributed by atoms with E-state index in [4.69, 9.17) is 9.47 Å². The largest absolute Gasteiger partial charge is 0.497 e. The van der Waals surface area contributed by atoms with Crippen molar-refractivity contribution >= 4 is 33.2 Å². The number of anilines is 2. The fourth-order valence-corrected chi connectivity index (χ4v) is 10.3. The second kappa shape index (κ2) is 14.0. The summed E-state index contributed by atoms with van der Waals surface area (Å²) in [5.74, 6) is 3.36. The van der Waals surface area contributed by atoms with Gasteiger partial charge in [0, 0.05) is 48.3 Å². The molecule has 3 aromatic carbocycles. The van der Waals surface area contributed by atoms with Crippen LogP contribution in [0.2, 0.25) is 0 Å². The number of piperidine rings is 6. The van der Waals surface area contributed by atoms with Crippen molar-refractivity contribution in [3.05, 3.63) is 118 Å². The fourth-order valence-electron chi connectivity index (χ4n) is 10.3. The summed E-state index contributed by atoms with van der Waals surface area (Å²) < 4.78 is 11.3. The van der Waals surface area contributed by atoms with Gasteiger partial charge in [0.1, 0.15) is 22.9 Å². The first-order valence-corrected chi connectivity index (χ1v) is 19.3. The van der Waals surface area contributed by atoms with Gasteiger partial charge in [-0.25, -0.2) is 0 Å². The topological polar surface area (TPSA) is 109 Å². The maximum absolute atomic E-state index is 13.8. The molecule has 0 spiro atoms. The molecule has 0 radical (unpaired) electrons. The second-order valence-corrected chi connectivity index (χ2v) is 15.7. The zero-order valence-electron chi connectivity index (χ0n) is 31.0. The summed E-state index contributed by atoms with van der Waals surface area (Å²) in [4.78, 5) is 42.1. The number of benzene rings is 2. The number of ether oxygens (including phenoxy) is 2. The minimum atomic E-state index is -0.490. The van der Waals surface area contributed by atoms with E-state index in [2.05, 4.69) is 55.7 Å². The number of pyridine rings is 2. The quantitative estimate of drug-likeness (QED) is 0.109. The molecule has 10 nitrogen and oxygen atoms in total. The Morgan fingerprint density at radius 2 is 1.15 bits per heavy atom. The van der Waals surface area contributed by atoms with Crippen LogP contribution < -0.4 is 31.0 Å². The van der Waals surface area contributed by atoms with Crippen molar-refractivity contribution in [2.75, 3.05) is 51.0 Å². The number of nitrogens with zero attached hydrogens (tertiary/aromatic N) is 4. The van der Waals surface area contributed by atoms with Crippen LogP contribution in [0.25, 0.3) is 21.8 Å². The standard InChI is InChI=1S/C44H48N6O4/c1-5-25-23-49-17-13-27(25)19-37(49)39(31-11-15-45-35-9-7-29(53-3)21-33(31)35)47-41-42(44(52)43(41)51)48-40(38-20-28-14-18-50(38)24-26(28)6-2)32-12-16-46-36-10-8-30(54-4)22-34(32)36/h5-12,15-16,21-22,25-28,37-40,47-48H,1-2,13-14,17-20,23-24H2,3-4H3/t25?,26?,27?,28?,37-,38-,39?,40?/m1/s1. The monoisotopic (exact) mass is 724 g/mol. The molecule has 0 aliphatic carbocycles. The van der Waals surface area contributed by atoms with E-state index in [0.717, 1.165) is 96.3 Å². The first-order valence-electron chi connectivity index (χ1n) is 19.3. The molecule has 10 atom stereocenters. The molecule has 6 saturated heterocycles. The van der Waals surface area contributed by atoms with Gasteiger partial charge >= 0.3 is 0 Å². The van der Waals surface area contributed by atoms with Gasteiger partial charge in [0.05, 0.1) is 37.3 Å².